The van der Waals surface area contributed by atoms with Crippen LogP contribution in [0, 0.1) is 0 Å². The summed E-state index contributed by atoms with van der Waals surface area (Å²) in [5.41, 5.74) is 0.796. The van der Waals surface area contributed by atoms with Crippen LogP contribution in [-0.4, -0.2) is 19.0 Å². The van der Waals surface area contributed by atoms with Crippen LogP contribution < -0.4 is 0 Å². The number of ketones is 1. The Morgan fingerprint density at radius 3 is 2.67 bits per heavy atom. The topological polar surface area (TPSA) is 26.3 Å². The Morgan fingerprint density at radius 1 is 1.11 bits per heavy atom. The van der Waals surface area contributed by atoms with Crippen molar-refractivity contribution in [1.82, 2.24) is 0 Å². The molecule has 94 valence electrons. The zero-order chi connectivity index (χ0) is 12.8. The average Bonchev–Trinajstić information content (AvgIpc) is 2.43. The van der Waals surface area contributed by atoms with Gasteiger partial charge < -0.3 is 4.74 Å². The quantitative estimate of drug-likeness (QED) is 0.568. The second-order valence-corrected chi connectivity index (χ2v) is 4.29. The van der Waals surface area contributed by atoms with Crippen LogP contribution in [0.4, 0.5) is 0 Å². The van der Waals surface area contributed by atoms with Gasteiger partial charge in [-0.2, -0.15) is 0 Å². The van der Waals surface area contributed by atoms with E-state index in [1.807, 2.05) is 43.3 Å². The standard InChI is InChI=1S/C16H18O2/c1-2-18-11-5-8-16(17)15-10-9-13-6-3-4-7-14(13)12-15/h3-4,6-7,9-10,12H,2,5,8,11H2,1H3. The van der Waals surface area contributed by atoms with Gasteiger partial charge in [0.15, 0.2) is 5.78 Å². The minimum atomic E-state index is 0.195. The van der Waals surface area contributed by atoms with Crippen LogP contribution in [0.15, 0.2) is 42.5 Å². The number of carbonyl (C=O) groups is 1. The lowest BCUT2D eigenvalue weighted by atomic mass is 10.0. The molecular formula is C16H18O2. The van der Waals surface area contributed by atoms with E-state index in [1.165, 1.54) is 5.39 Å². The van der Waals surface area contributed by atoms with E-state index in [-0.39, 0.29) is 5.78 Å². The SMILES string of the molecule is CCOCCCC(=O)c1ccc2ccccc2c1. The van der Waals surface area contributed by atoms with Crippen molar-refractivity contribution >= 4 is 16.6 Å². The van der Waals surface area contributed by atoms with Crippen LogP contribution in [0.3, 0.4) is 0 Å². The third-order valence-electron chi connectivity index (χ3n) is 2.97. The highest BCUT2D eigenvalue weighted by Crippen LogP contribution is 2.17. The molecule has 0 unspecified atom stereocenters. The Hall–Kier alpha value is -1.67. The average molecular weight is 242 g/mol. The van der Waals surface area contributed by atoms with Gasteiger partial charge in [-0.3, -0.25) is 4.79 Å². The highest BCUT2D eigenvalue weighted by atomic mass is 16.5. The van der Waals surface area contributed by atoms with E-state index < -0.39 is 0 Å². The number of hydrogen-bond acceptors (Lipinski definition) is 2. The van der Waals surface area contributed by atoms with Crippen molar-refractivity contribution in [2.75, 3.05) is 13.2 Å². The number of Topliss-reactive ketones (excluding diaryl/α,β-unsaturated/α-hetero) is 1. The zero-order valence-electron chi connectivity index (χ0n) is 10.7. The first kappa shape index (κ1) is 12.8. The van der Waals surface area contributed by atoms with Crippen LogP contribution in [0.25, 0.3) is 10.8 Å². The summed E-state index contributed by atoms with van der Waals surface area (Å²) in [5, 5.41) is 2.29. The van der Waals surface area contributed by atoms with E-state index in [4.69, 9.17) is 4.74 Å². The molecule has 0 aliphatic heterocycles. The monoisotopic (exact) mass is 242 g/mol. The first-order valence-electron chi connectivity index (χ1n) is 6.41. The van der Waals surface area contributed by atoms with Crippen LogP contribution >= 0.6 is 0 Å². The fourth-order valence-corrected chi connectivity index (χ4v) is 1.99. The van der Waals surface area contributed by atoms with E-state index in [0.717, 1.165) is 17.4 Å². The number of hydrogen-bond donors (Lipinski definition) is 0. The Labute approximate surface area is 108 Å². The molecule has 0 bridgehead atoms. The Kier molecular flexibility index (Phi) is 4.48. The molecule has 0 spiro atoms. The van der Waals surface area contributed by atoms with Gasteiger partial charge in [0.05, 0.1) is 0 Å². The van der Waals surface area contributed by atoms with Crippen molar-refractivity contribution in [2.45, 2.75) is 19.8 Å². The van der Waals surface area contributed by atoms with Gasteiger partial charge in [-0.15, -0.1) is 0 Å². The summed E-state index contributed by atoms with van der Waals surface area (Å²) in [7, 11) is 0. The molecule has 2 nitrogen and oxygen atoms in total. The summed E-state index contributed by atoms with van der Waals surface area (Å²) < 4.78 is 5.24. The van der Waals surface area contributed by atoms with Crippen molar-refractivity contribution in [3.63, 3.8) is 0 Å². The Balaban J connectivity index is 2.04. The van der Waals surface area contributed by atoms with Gasteiger partial charge in [0.1, 0.15) is 0 Å². The summed E-state index contributed by atoms with van der Waals surface area (Å²) in [5.74, 6) is 0.195. The molecular weight excluding hydrogens is 224 g/mol. The largest absolute Gasteiger partial charge is 0.382 e. The minimum Gasteiger partial charge on any atom is -0.382 e. The number of fused-ring (bicyclic) bond motifs is 1. The lowest BCUT2D eigenvalue weighted by Gasteiger charge is -2.04. The third-order valence-corrected chi connectivity index (χ3v) is 2.97. The maximum Gasteiger partial charge on any atom is 0.162 e. The van der Waals surface area contributed by atoms with E-state index >= 15 is 0 Å². The molecule has 0 heterocycles. The summed E-state index contributed by atoms with van der Waals surface area (Å²) in [6.07, 6.45) is 1.35. The lowest BCUT2D eigenvalue weighted by Crippen LogP contribution is -2.02. The van der Waals surface area contributed by atoms with E-state index in [2.05, 4.69) is 6.07 Å². The van der Waals surface area contributed by atoms with E-state index in [1.54, 1.807) is 0 Å². The normalized spacial score (nSPS) is 10.7. The van der Waals surface area contributed by atoms with Gasteiger partial charge in [-0.05, 0) is 30.2 Å². The molecule has 2 aromatic carbocycles. The second kappa shape index (κ2) is 6.31. The van der Waals surface area contributed by atoms with Crippen molar-refractivity contribution < 1.29 is 9.53 Å². The first-order chi connectivity index (χ1) is 8.81. The van der Waals surface area contributed by atoms with E-state index in [0.29, 0.717) is 19.6 Å². The molecule has 0 aromatic heterocycles. The molecule has 0 radical (unpaired) electrons. The van der Waals surface area contributed by atoms with Crippen LogP contribution in [0.2, 0.25) is 0 Å². The number of carbonyl (C=O) groups excluding carboxylic acids is 1. The summed E-state index contributed by atoms with van der Waals surface area (Å²) in [6.45, 7) is 3.34. The molecule has 2 aromatic rings. The molecule has 0 saturated carbocycles. The molecule has 18 heavy (non-hydrogen) atoms. The molecule has 2 heteroatoms. The van der Waals surface area contributed by atoms with Crippen molar-refractivity contribution in [1.29, 1.82) is 0 Å². The summed E-state index contributed by atoms with van der Waals surface area (Å²) >= 11 is 0. The predicted octanol–water partition coefficient (Wildman–Crippen LogP) is 3.84. The van der Waals surface area contributed by atoms with Gasteiger partial charge in [0, 0.05) is 25.2 Å². The molecule has 2 rings (SSSR count). The molecule has 0 amide bonds. The second-order valence-electron chi connectivity index (χ2n) is 4.29. The number of rotatable bonds is 6. The maximum absolute atomic E-state index is 12.0. The zero-order valence-corrected chi connectivity index (χ0v) is 10.7. The third kappa shape index (κ3) is 3.17. The highest BCUT2D eigenvalue weighted by molar-refractivity contribution is 5.99. The van der Waals surface area contributed by atoms with Gasteiger partial charge in [0.25, 0.3) is 0 Å². The van der Waals surface area contributed by atoms with Crippen molar-refractivity contribution in [3.8, 4) is 0 Å². The lowest BCUT2D eigenvalue weighted by molar-refractivity contribution is 0.0947. The number of benzene rings is 2. The van der Waals surface area contributed by atoms with Crippen molar-refractivity contribution in [3.05, 3.63) is 48.0 Å². The summed E-state index contributed by atoms with van der Waals surface area (Å²) in [4.78, 5) is 12.0. The molecule has 0 N–H and O–H groups in total. The summed E-state index contributed by atoms with van der Waals surface area (Å²) in [6, 6.07) is 14.0. The fourth-order valence-electron chi connectivity index (χ4n) is 1.99. The molecule has 0 aliphatic carbocycles. The number of ether oxygens (including phenoxy) is 1. The maximum atomic E-state index is 12.0. The molecule has 0 aliphatic rings. The van der Waals surface area contributed by atoms with E-state index in [9.17, 15) is 4.79 Å². The Bertz CT molecular complexity index is 531. The smallest absolute Gasteiger partial charge is 0.162 e. The highest BCUT2D eigenvalue weighted by Gasteiger charge is 2.06. The first-order valence-corrected chi connectivity index (χ1v) is 6.41. The Morgan fingerprint density at radius 2 is 1.89 bits per heavy atom. The van der Waals surface area contributed by atoms with Gasteiger partial charge >= 0.3 is 0 Å². The van der Waals surface area contributed by atoms with Crippen LogP contribution in [0.5, 0.6) is 0 Å². The van der Waals surface area contributed by atoms with Gasteiger partial charge in [-0.25, -0.2) is 0 Å². The van der Waals surface area contributed by atoms with Gasteiger partial charge in [-0.1, -0.05) is 36.4 Å². The predicted molar refractivity (Wildman–Crippen MR) is 74.0 cm³/mol. The van der Waals surface area contributed by atoms with Gasteiger partial charge in [0.2, 0.25) is 0 Å². The molecule has 0 fully saturated rings. The van der Waals surface area contributed by atoms with Crippen LogP contribution in [0.1, 0.15) is 30.1 Å². The van der Waals surface area contributed by atoms with Crippen LogP contribution in [-0.2, 0) is 4.74 Å². The molecule has 0 saturated heterocycles. The van der Waals surface area contributed by atoms with Crippen molar-refractivity contribution in [2.24, 2.45) is 0 Å². The minimum absolute atomic E-state index is 0.195. The fraction of sp³-hybridized carbons (Fsp3) is 0.312. The molecule has 0 atom stereocenters.